The summed E-state index contributed by atoms with van der Waals surface area (Å²) in [5, 5.41) is 5.11. The van der Waals surface area contributed by atoms with Gasteiger partial charge in [-0.25, -0.2) is 4.99 Å². The molecule has 2 amide bonds. The number of nitrogens with one attached hydrogen (secondary N) is 2. The molecule has 0 bridgehead atoms. The summed E-state index contributed by atoms with van der Waals surface area (Å²) in [6.07, 6.45) is -4.76. The summed E-state index contributed by atoms with van der Waals surface area (Å²) in [5.41, 5.74) is 12.3. The van der Waals surface area contributed by atoms with E-state index in [1.54, 1.807) is 24.3 Å². The van der Waals surface area contributed by atoms with Crippen LogP contribution in [-0.2, 0) is 11.3 Å². The maximum absolute atomic E-state index is 12.1. The molecule has 0 unspecified atom stereocenters. The second-order valence-corrected chi connectivity index (χ2v) is 5.74. The first kappa shape index (κ1) is 21.5. The number of nitrogens with zero attached hydrogens (tertiary/aromatic N) is 1. The van der Waals surface area contributed by atoms with Crippen molar-refractivity contribution < 1.29 is 27.5 Å². The highest BCUT2D eigenvalue weighted by Crippen LogP contribution is 2.23. The van der Waals surface area contributed by atoms with Crippen molar-refractivity contribution in [3.63, 3.8) is 0 Å². The van der Waals surface area contributed by atoms with Crippen molar-refractivity contribution in [3.8, 4) is 5.75 Å². The van der Waals surface area contributed by atoms with E-state index in [1.807, 2.05) is 0 Å². The Bertz CT molecular complexity index is 881. The first-order chi connectivity index (χ1) is 13.6. The number of alkyl halides is 3. The van der Waals surface area contributed by atoms with Gasteiger partial charge in [-0.05, 0) is 42.0 Å². The Morgan fingerprint density at radius 1 is 1.00 bits per heavy atom. The molecule has 8 nitrogen and oxygen atoms in total. The molecule has 29 heavy (non-hydrogen) atoms. The van der Waals surface area contributed by atoms with Crippen LogP contribution in [0.15, 0.2) is 53.5 Å². The zero-order valence-corrected chi connectivity index (χ0v) is 15.0. The Balaban J connectivity index is 1.89. The normalized spacial score (nSPS) is 11.6. The first-order valence-corrected chi connectivity index (χ1v) is 8.20. The lowest BCUT2D eigenvalue weighted by molar-refractivity contribution is -0.274. The predicted molar refractivity (Wildman–Crippen MR) is 100 cm³/mol. The van der Waals surface area contributed by atoms with Crippen molar-refractivity contribution >= 4 is 23.5 Å². The molecule has 0 aromatic heterocycles. The molecule has 0 atom stereocenters. The molecule has 0 spiro atoms. The van der Waals surface area contributed by atoms with Gasteiger partial charge in [-0.1, -0.05) is 12.1 Å². The summed E-state index contributed by atoms with van der Waals surface area (Å²) in [5.74, 6) is -1.37. The fraction of sp³-hybridized carbons (Fsp3) is 0.167. The van der Waals surface area contributed by atoms with Gasteiger partial charge in [0.1, 0.15) is 5.75 Å². The number of aliphatic imine (C=N–C) groups is 1. The van der Waals surface area contributed by atoms with Crippen molar-refractivity contribution in [2.45, 2.75) is 12.9 Å². The van der Waals surface area contributed by atoms with Crippen LogP contribution >= 0.6 is 0 Å². The van der Waals surface area contributed by atoms with Crippen molar-refractivity contribution in [2.75, 3.05) is 11.9 Å². The Kier molecular flexibility index (Phi) is 7.01. The van der Waals surface area contributed by atoms with E-state index in [9.17, 15) is 22.8 Å². The van der Waals surface area contributed by atoms with Gasteiger partial charge >= 0.3 is 6.36 Å². The van der Waals surface area contributed by atoms with Crippen LogP contribution in [0.2, 0.25) is 0 Å². The van der Waals surface area contributed by atoms with Crippen molar-refractivity contribution in [1.29, 1.82) is 0 Å². The number of guanidine groups is 1. The summed E-state index contributed by atoms with van der Waals surface area (Å²) in [6, 6.07) is 11.5. The van der Waals surface area contributed by atoms with Crippen LogP contribution in [0, 0.1) is 0 Å². The van der Waals surface area contributed by atoms with E-state index in [-0.39, 0.29) is 24.8 Å². The van der Waals surface area contributed by atoms with Crippen LogP contribution in [0.1, 0.15) is 15.9 Å². The van der Waals surface area contributed by atoms with Gasteiger partial charge in [0.15, 0.2) is 5.96 Å². The number of benzene rings is 2. The average molecular weight is 409 g/mol. The van der Waals surface area contributed by atoms with Crippen LogP contribution in [-0.4, -0.2) is 30.7 Å². The number of carbonyl (C=O) groups is 2. The largest absolute Gasteiger partial charge is 0.573 e. The van der Waals surface area contributed by atoms with Gasteiger partial charge < -0.3 is 26.8 Å². The van der Waals surface area contributed by atoms with E-state index in [1.165, 1.54) is 12.1 Å². The molecule has 0 aliphatic heterocycles. The first-order valence-electron chi connectivity index (χ1n) is 8.20. The molecule has 154 valence electrons. The van der Waals surface area contributed by atoms with E-state index in [0.29, 0.717) is 11.3 Å². The lowest BCUT2D eigenvalue weighted by atomic mass is 10.1. The van der Waals surface area contributed by atoms with Crippen molar-refractivity contribution in [3.05, 3.63) is 59.7 Å². The maximum Gasteiger partial charge on any atom is 0.573 e. The average Bonchev–Trinajstić information content (AvgIpc) is 2.65. The molecule has 0 fully saturated rings. The Hall–Kier alpha value is -3.76. The minimum Gasteiger partial charge on any atom is -0.406 e. The zero-order chi connectivity index (χ0) is 21.4. The topological polar surface area (TPSA) is 132 Å². The molecule has 0 radical (unpaired) electrons. The third-order valence-electron chi connectivity index (χ3n) is 3.43. The summed E-state index contributed by atoms with van der Waals surface area (Å²) >= 11 is 0. The van der Waals surface area contributed by atoms with Gasteiger partial charge in [0, 0.05) is 11.3 Å². The van der Waals surface area contributed by atoms with Crippen molar-refractivity contribution in [2.24, 2.45) is 16.5 Å². The third-order valence-corrected chi connectivity index (χ3v) is 3.43. The van der Waals surface area contributed by atoms with E-state index >= 15 is 0 Å². The van der Waals surface area contributed by atoms with Crippen LogP contribution in [0.25, 0.3) is 0 Å². The summed E-state index contributed by atoms with van der Waals surface area (Å²) in [6.45, 7) is -0.0479. The predicted octanol–water partition coefficient (Wildman–Crippen LogP) is 1.73. The molecule has 2 rings (SSSR count). The molecule has 11 heteroatoms. The molecule has 0 saturated heterocycles. The van der Waals surface area contributed by atoms with E-state index < -0.39 is 18.2 Å². The van der Waals surface area contributed by atoms with Gasteiger partial charge in [0.05, 0.1) is 13.1 Å². The molecular weight excluding hydrogens is 391 g/mol. The Morgan fingerprint density at radius 2 is 1.62 bits per heavy atom. The lowest BCUT2D eigenvalue weighted by Gasteiger charge is -2.10. The van der Waals surface area contributed by atoms with Crippen LogP contribution in [0.5, 0.6) is 5.75 Å². The number of nitrogens with two attached hydrogens (primary N) is 2. The monoisotopic (exact) mass is 409 g/mol. The number of amides is 2. The quantitative estimate of drug-likeness (QED) is 0.408. The van der Waals surface area contributed by atoms with Crippen LogP contribution < -0.4 is 26.8 Å². The number of hydrogen-bond acceptors (Lipinski definition) is 4. The van der Waals surface area contributed by atoms with E-state index in [0.717, 1.165) is 17.7 Å². The highest BCUT2D eigenvalue weighted by atomic mass is 19.4. The second kappa shape index (κ2) is 9.44. The summed E-state index contributed by atoms with van der Waals surface area (Å²) < 4.78 is 40.2. The van der Waals surface area contributed by atoms with E-state index in [4.69, 9.17) is 11.5 Å². The highest BCUT2D eigenvalue weighted by molar-refractivity contribution is 5.96. The zero-order valence-electron chi connectivity index (χ0n) is 15.0. The Morgan fingerprint density at radius 3 is 2.17 bits per heavy atom. The number of ether oxygens (including phenoxy) is 1. The van der Waals surface area contributed by atoms with Gasteiger partial charge in [0.25, 0.3) is 5.91 Å². The minimum atomic E-state index is -4.76. The van der Waals surface area contributed by atoms with E-state index in [2.05, 4.69) is 20.4 Å². The molecule has 2 aromatic rings. The summed E-state index contributed by atoms with van der Waals surface area (Å²) in [4.78, 5) is 26.6. The number of halogens is 3. The second-order valence-electron chi connectivity index (χ2n) is 5.74. The number of hydrogen-bond donors (Lipinski definition) is 4. The molecule has 0 aliphatic rings. The number of primary amides is 1. The van der Waals surface area contributed by atoms with Crippen molar-refractivity contribution in [1.82, 2.24) is 5.32 Å². The number of carbonyl (C=O) groups excluding carboxylic acids is 2. The standard InChI is InChI=1S/C18H18F3N5O3/c19-18(20,21)29-14-7-5-13(6-8-14)26-17(23)25-9-11-1-3-12(4-2-11)16(28)24-10-15(22)27/h1-8H,9-10H2,(H2,22,27)(H,24,28)(H3,23,25,26). The SMILES string of the molecule is NC(=O)CNC(=O)c1ccc(CN=C(N)Nc2ccc(OC(F)(F)F)cc2)cc1. The summed E-state index contributed by atoms with van der Waals surface area (Å²) in [7, 11) is 0. The number of rotatable bonds is 7. The smallest absolute Gasteiger partial charge is 0.406 e. The highest BCUT2D eigenvalue weighted by Gasteiger charge is 2.30. The lowest BCUT2D eigenvalue weighted by Crippen LogP contribution is -2.33. The molecule has 2 aromatic carbocycles. The van der Waals surface area contributed by atoms with Gasteiger partial charge in [-0.2, -0.15) is 0 Å². The fourth-order valence-corrected chi connectivity index (χ4v) is 2.13. The van der Waals surface area contributed by atoms with Gasteiger partial charge in [-0.3, -0.25) is 9.59 Å². The fourth-order valence-electron chi connectivity index (χ4n) is 2.13. The minimum absolute atomic E-state index is 0.0535. The molecule has 0 aliphatic carbocycles. The maximum atomic E-state index is 12.1. The Labute approximate surface area is 163 Å². The molecule has 0 heterocycles. The third kappa shape index (κ3) is 7.79. The van der Waals surface area contributed by atoms with Crippen LogP contribution in [0.3, 0.4) is 0 Å². The molecule has 0 saturated carbocycles. The van der Waals surface area contributed by atoms with Gasteiger partial charge in [-0.15, -0.1) is 13.2 Å². The van der Waals surface area contributed by atoms with Gasteiger partial charge in [0.2, 0.25) is 5.91 Å². The molecule has 6 N–H and O–H groups in total. The van der Waals surface area contributed by atoms with Crippen LogP contribution in [0.4, 0.5) is 18.9 Å². The molecular formula is C18H18F3N5O3. The number of anilines is 1.